The van der Waals surface area contributed by atoms with Crippen LogP contribution >= 0.6 is 0 Å². The fourth-order valence-corrected chi connectivity index (χ4v) is 0.0577. The van der Waals surface area contributed by atoms with Gasteiger partial charge < -0.3 is 29.2 Å². The zero-order valence-electron chi connectivity index (χ0n) is 6.71. The molecule has 0 rings (SSSR count). The van der Waals surface area contributed by atoms with E-state index >= 15 is 0 Å². The first-order valence-corrected chi connectivity index (χ1v) is 1.71. The molecule has 0 fully saturated rings. The summed E-state index contributed by atoms with van der Waals surface area (Å²) in [6.07, 6.45) is -0.954. The van der Waals surface area contributed by atoms with E-state index in [-0.39, 0.29) is 108 Å². The van der Waals surface area contributed by atoms with Gasteiger partial charge in [0.1, 0.15) is 6.10 Å². The quantitative estimate of drug-likeness (QED) is 0.379. The van der Waals surface area contributed by atoms with Gasteiger partial charge in [0, 0.05) is 0 Å². The fourth-order valence-electron chi connectivity index (χ4n) is 0.0577. The zero-order chi connectivity index (χ0) is 4.99. The molecule has 0 aliphatic carbocycles. The molecule has 0 spiro atoms. The maximum atomic E-state index is 8.17. The Bertz CT molecular complexity index is 42.9. The predicted molar refractivity (Wildman–Crippen MR) is 21.3 cm³/mol. The van der Waals surface area contributed by atoms with Crippen LogP contribution < -0.4 is 93.3 Å². The summed E-state index contributed by atoms with van der Waals surface area (Å²) in [4.78, 5) is 0. The van der Waals surface area contributed by atoms with Gasteiger partial charge in [-0.25, -0.2) is 0 Å². The minimum absolute atomic E-state index is 0. The second kappa shape index (κ2) is 17.1. The van der Waals surface area contributed by atoms with Gasteiger partial charge in [0.05, 0.1) is 13.2 Å². The van der Waals surface area contributed by atoms with Crippen molar-refractivity contribution < 1.29 is 110 Å². The molecule has 0 aromatic rings. The van der Waals surface area contributed by atoms with E-state index in [4.69, 9.17) is 15.3 Å². The maximum Gasteiger partial charge on any atom is 1.00 e. The third kappa shape index (κ3) is 18.1. The Labute approximate surface area is 127 Å². The molecule has 9 heavy (non-hydrogen) atoms. The second-order valence-corrected chi connectivity index (χ2v) is 1.02. The van der Waals surface area contributed by atoms with Crippen LogP contribution in [0.4, 0.5) is 0 Å². The number of halogens is 1. The van der Waals surface area contributed by atoms with Crippen molar-refractivity contribution in [3.8, 4) is 0 Å². The van der Waals surface area contributed by atoms with Crippen LogP contribution in [0, 0.1) is 0 Å². The number of hydrogen-bond donors (Lipinski definition) is 3. The van der Waals surface area contributed by atoms with Crippen LogP contribution in [-0.4, -0.2) is 34.6 Å². The van der Waals surface area contributed by atoms with Gasteiger partial charge in [-0.15, -0.1) is 0 Å². The Balaban J connectivity index is -0.0000000208. The molecule has 0 aromatic heterocycles. The fraction of sp³-hybridized carbons (Fsp3) is 1.00. The molecule has 0 aliphatic heterocycles. The first-order valence-electron chi connectivity index (χ1n) is 1.71. The summed E-state index contributed by atoms with van der Waals surface area (Å²) in [6, 6.07) is 0. The number of hydrogen-bond acceptors (Lipinski definition) is 3. The molecule has 0 aliphatic rings. The van der Waals surface area contributed by atoms with E-state index in [1.807, 2.05) is 0 Å². The summed E-state index contributed by atoms with van der Waals surface area (Å²) in [5.74, 6) is 0. The molecule has 3 N–H and O–H groups in total. The molecule has 0 bridgehead atoms. The molecule has 0 heterocycles. The monoisotopic (exact) mass is 190 g/mol. The van der Waals surface area contributed by atoms with Crippen molar-refractivity contribution in [3.63, 3.8) is 0 Å². The van der Waals surface area contributed by atoms with Gasteiger partial charge in [0.2, 0.25) is 0 Å². The van der Waals surface area contributed by atoms with Gasteiger partial charge in [0.15, 0.2) is 0 Å². The van der Waals surface area contributed by atoms with Crippen molar-refractivity contribution in [2.24, 2.45) is 0 Å². The molecule has 0 aromatic carbocycles. The number of aliphatic hydroxyl groups is 3. The molecule has 0 atom stereocenters. The minimum Gasteiger partial charge on any atom is -1.00 e. The molecule has 0 saturated heterocycles. The van der Waals surface area contributed by atoms with Crippen molar-refractivity contribution in [1.82, 2.24) is 0 Å². The standard InChI is InChI=1S/C3H8O3.ClH.K.Na.H/c4-1-3(6)2-5;;;;/h3-6H,1-2H2;1H;;;/q;;2*+1;-1/p-1. The Morgan fingerprint density at radius 3 is 1.44 bits per heavy atom. The third-order valence-electron chi connectivity index (χ3n) is 0.421. The van der Waals surface area contributed by atoms with Crippen molar-refractivity contribution in [2.75, 3.05) is 13.2 Å². The van der Waals surface area contributed by atoms with Gasteiger partial charge in [-0.1, -0.05) is 0 Å². The van der Waals surface area contributed by atoms with E-state index in [1.54, 1.807) is 0 Å². The largest absolute Gasteiger partial charge is 1.00 e. The van der Waals surface area contributed by atoms with Crippen molar-refractivity contribution >= 4 is 0 Å². The van der Waals surface area contributed by atoms with Gasteiger partial charge >= 0.3 is 80.9 Å². The average Bonchev–Trinajstić information content (AvgIpc) is 1.65. The van der Waals surface area contributed by atoms with E-state index in [9.17, 15) is 0 Å². The van der Waals surface area contributed by atoms with Crippen LogP contribution in [0.15, 0.2) is 0 Å². The molecule has 0 saturated carbocycles. The Hall–Kier alpha value is 2.81. The van der Waals surface area contributed by atoms with Crippen molar-refractivity contribution in [2.45, 2.75) is 6.10 Å². The van der Waals surface area contributed by atoms with Crippen LogP contribution in [0.1, 0.15) is 1.43 Å². The first kappa shape index (κ1) is 22.6. The maximum absolute atomic E-state index is 8.17. The molecule has 6 heteroatoms. The third-order valence-corrected chi connectivity index (χ3v) is 0.421. The zero-order valence-corrected chi connectivity index (χ0v) is 11.6. The van der Waals surface area contributed by atoms with Crippen LogP contribution in [0.3, 0.4) is 0 Å². The van der Waals surface area contributed by atoms with E-state index < -0.39 is 6.10 Å². The Morgan fingerprint density at radius 2 is 1.44 bits per heavy atom. The van der Waals surface area contributed by atoms with Crippen molar-refractivity contribution in [1.29, 1.82) is 0 Å². The summed E-state index contributed by atoms with van der Waals surface area (Å²) in [5.41, 5.74) is 0. The van der Waals surface area contributed by atoms with E-state index in [0.717, 1.165) is 0 Å². The normalized spacial score (nSPS) is 6.67. The molecular formula is C3H9ClKNaO3. The molecular weight excluding hydrogens is 182 g/mol. The van der Waals surface area contributed by atoms with Gasteiger partial charge in [-0.3, -0.25) is 0 Å². The molecule has 0 unspecified atom stereocenters. The topological polar surface area (TPSA) is 60.7 Å². The summed E-state index contributed by atoms with van der Waals surface area (Å²) in [6.45, 7) is -0.729. The Kier molecular flexibility index (Phi) is 42.9. The van der Waals surface area contributed by atoms with Crippen molar-refractivity contribution in [3.05, 3.63) is 0 Å². The number of rotatable bonds is 2. The van der Waals surface area contributed by atoms with Gasteiger partial charge in [-0.2, -0.15) is 0 Å². The van der Waals surface area contributed by atoms with Crippen LogP contribution in [0.2, 0.25) is 0 Å². The SMILES string of the molecule is OCC(O)CO.[Cl-].[H-].[K+].[Na+]. The van der Waals surface area contributed by atoms with Gasteiger partial charge in [-0.05, 0) is 0 Å². The molecule has 48 valence electrons. The summed E-state index contributed by atoms with van der Waals surface area (Å²) in [7, 11) is 0. The summed E-state index contributed by atoms with van der Waals surface area (Å²) >= 11 is 0. The van der Waals surface area contributed by atoms with Crippen LogP contribution in [0.5, 0.6) is 0 Å². The van der Waals surface area contributed by atoms with Crippen LogP contribution in [-0.2, 0) is 0 Å². The molecule has 0 amide bonds. The molecule has 3 nitrogen and oxygen atoms in total. The number of aliphatic hydroxyl groups excluding tert-OH is 3. The Morgan fingerprint density at radius 1 is 1.22 bits per heavy atom. The molecule has 0 radical (unpaired) electrons. The van der Waals surface area contributed by atoms with E-state index in [0.29, 0.717) is 0 Å². The van der Waals surface area contributed by atoms with E-state index in [1.165, 1.54) is 0 Å². The van der Waals surface area contributed by atoms with Gasteiger partial charge in [0.25, 0.3) is 0 Å². The summed E-state index contributed by atoms with van der Waals surface area (Å²) < 4.78 is 0. The predicted octanol–water partition coefficient (Wildman–Crippen LogP) is -10.5. The smallest absolute Gasteiger partial charge is 1.00 e. The van der Waals surface area contributed by atoms with Crippen LogP contribution in [0.25, 0.3) is 0 Å². The first-order chi connectivity index (χ1) is 2.81. The minimum atomic E-state index is -0.954. The van der Waals surface area contributed by atoms with E-state index in [2.05, 4.69) is 0 Å². The summed E-state index contributed by atoms with van der Waals surface area (Å²) in [5, 5.41) is 24.0. The average molecular weight is 191 g/mol. The second-order valence-electron chi connectivity index (χ2n) is 1.02.